The Balaban J connectivity index is 2.32. The maximum absolute atomic E-state index is 13.1. The first-order valence-electron chi connectivity index (χ1n) is 5.43. The van der Waals surface area contributed by atoms with Gasteiger partial charge in [0.1, 0.15) is 17.7 Å². The third-order valence-electron chi connectivity index (χ3n) is 3.14. The molecule has 0 aliphatic carbocycles. The molecular formula is C12H16FNO2. The zero-order valence-corrected chi connectivity index (χ0v) is 9.48. The monoisotopic (exact) mass is 225 g/mol. The Morgan fingerprint density at radius 3 is 2.94 bits per heavy atom. The molecule has 1 N–H and O–H groups in total. The van der Waals surface area contributed by atoms with E-state index in [0.717, 1.165) is 5.69 Å². The first-order chi connectivity index (χ1) is 7.63. The predicted molar refractivity (Wildman–Crippen MR) is 60.4 cm³/mol. The fraction of sp³-hybridized carbons (Fsp3) is 0.500. The number of ether oxygens (including phenoxy) is 1. The number of aliphatic hydroxyl groups excluding tert-OH is 1. The minimum absolute atomic E-state index is 0.0482. The van der Waals surface area contributed by atoms with E-state index in [0.29, 0.717) is 12.2 Å². The number of anilines is 1. The molecule has 0 radical (unpaired) electrons. The fourth-order valence-corrected chi connectivity index (χ4v) is 2.02. The van der Waals surface area contributed by atoms with E-state index in [1.54, 1.807) is 6.07 Å². The SMILES string of the molecule is CC1C(CCO)Oc2ccc(F)cc2N1C. The normalized spacial score (nSPS) is 23.9. The number of aliphatic hydroxyl groups is 1. The molecule has 4 heteroatoms. The lowest BCUT2D eigenvalue weighted by Gasteiger charge is -2.39. The van der Waals surface area contributed by atoms with E-state index in [-0.39, 0.29) is 24.6 Å². The number of rotatable bonds is 2. The van der Waals surface area contributed by atoms with Gasteiger partial charge in [0.15, 0.2) is 0 Å². The van der Waals surface area contributed by atoms with Gasteiger partial charge in [-0.25, -0.2) is 4.39 Å². The maximum atomic E-state index is 13.1. The predicted octanol–water partition coefficient (Wildman–Crippen LogP) is 1.79. The van der Waals surface area contributed by atoms with Crippen LogP contribution in [0.5, 0.6) is 5.75 Å². The molecule has 1 aromatic carbocycles. The van der Waals surface area contributed by atoms with Crippen LogP contribution in [0.2, 0.25) is 0 Å². The van der Waals surface area contributed by atoms with Gasteiger partial charge in [-0.3, -0.25) is 0 Å². The van der Waals surface area contributed by atoms with Crippen LogP contribution in [-0.4, -0.2) is 30.9 Å². The average molecular weight is 225 g/mol. The van der Waals surface area contributed by atoms with Gasteiger partial charge in [-0.05, 0) is 19.1 Å². The van der Waals surface area contributed by atoms with Crippen molar-refractivity contribution in [3.05, 3.63) is 24.0 Å². The highest BCUT2D eigenvalue weighted by molar-refractivity contribution is 5.60. The molecule has 2 unspecified atom stereocenters. The van der Waals surface area contributed by atoms with E-state index in [9.17, 15) is 4.39 Å². The number of benzene rings is 1. The van der Waals surface area contributed by atoms with Crippen LogP contribution in [0.1, 0.15) is 13.3 Å². The molecule has 0 aromatic heterocycles. The lowest BCUT2D eigenvalue weighted by molar-refractivity contribution is 0.124. The number of nitrogens with zero attached hydrogens (tertiary/aromatic N) is 1. The topological polar surface area (TPSA) is 32.7 Å². The zero-order valence-electron chi connectivity index (χ0n) is 9.48. The average Bonchev–Trinajstić information content (AvgIpc) is 2.27. The van der Waals surface area contributed by atoms with Gasteiger partial charge in [-0.15, -0.1) is 0 Å². The summed E-state index contributed by atoms with van der Waals surface area (Å²) in [5.74, 6) is 0.419. The number of hydrogen-bond acceptors (Lipinski definition) is 3. The Kier molecular flexibility index (Phi) is 3.01. The van der Waals surface area contributed by atoms with Crippen molar-refractivity contribution in [1.82, 2.24) is 0 Å². The second-order valence-corrected chi connectivity index (χ2v) is 4.13. The molecule has 0 bridgehead atoms. The van der Waals surface area contributed by atoms with E-state index < -0.39 is 0 Å². The van der Waals surface area contributed by atoms with E-state index in [1.165, 1.54) is 12.1 Å². The molecule has 1 aliphatic rings. The van der Waals surface area contributed by atoms with Crippen LogP contribution in [0.3, 0.4) is 0 Å². The molecule has 16 heavy (non-hydrogen) atoms. The molecule has 0 saturated heterocycles. The van der Waals surface area contributed by atoms with Gasteiger partial charge in [0, 0.05) is 26.1 Å². The van der Waals surface area contributed by atoms with E-state index in [2.05, 4.69) is 0 Å². The number of likely N-dealkylation sites (N-methyl/N-ethyl adjacent to an activating group) is 1. The summed E-state index contributed by atoms with van der Waals surface area (Å²) in [7, 11) is 1.91. The molecule has 1 aromatic rings. The van der Waals surface area contributed by atoms with E-state index in [1.807, 2.05) is 18.9 Å². The van der Waals surface area contributed by atoms with Gasteiger partial charge in [0.25, 0.3) is 0 Å². The van der Waals surface area contributed by atoms with Crippen molar-refractivity contribution in [3.8, 4) is 5.75 Å². The summed E-state index contributed by atoms with van der Waals surface area (Å²) in [6.45, 7) is 2.10. The van der Waals surface area contributed by atoms with Gasteiger partial charge in [0.05, 0.1) is 11.7 Å². The van der Waals surface area contributed by atoms with Gasteiger partial charge in [-0.2, -0.15) is 0 Å². The van der Waals surface area contributed by atoms with Crippen LogP contribution in [0.15, 0.2) is 18.2 Å². The van der Waals surface area contributed by atoms with Crippen molar-refractivity contribution in [2.75, 3.05) is 18.6 Å². The lowest BCUT2D eigenvalue weighted by Crippen LogP contribution is -2.46. The quantitative estimate of drug-likeness (QED) is 0.833. The molecule has 0 spiro atoms. The van der Waals surface area contributed by atoms with Crippen molar-refractivity contribution in [3.63, 3.8) is 0 Å². The summed E-state index contributed by atoms with van der Waals surface area (Å²) in [4.78, 5) is 1.99. The van der Waals surface area contributed by atoms with Crippen molar-refractivity contribution in [2.24, 2.45) is 0 Å². The fourth-order valence-electron chi connectivity index (χ4n) is 2.02. The van der Waals surface area contributed by atoms with Crippen LogP contribution in [0.25, 0.3) is 0 Å². The molecular weight excluding hydrogens is 209 g/mol. The maximum Gasteiger partial charge on any atom is 0.143 e. The van der Waals surface area contributed by atoms with Crippen LogP contribution < -0.4 is 9.64 Å². The highest BCUT2D eigenvalue weighted by Crippen LogP contribution is 2.36. The standard InChI is InChI=1S/C12H16FNO2/c1-8-11(5-6-15)16-12-4-3-9(13)7-10(12)14(8)2/h3-4,7-8,11,15H,5-6H2,1-2H3. The first-order valence-corrected chi connectivity index (χ1v) is 5.43. The Morgan fingerprint density at radius 1 is 1.50 bits per heavy atom. The Hall–Kier alpha value is -1.29. The molecule has 3 nitrogen and oxygen atoms in total. The smallest absolute Gasteiger partial charge is 0.143 e. The Bertz CT molecular complexity index is 383. The van der Waals surface area contributed by atoms with E-state index >= 15 is 0 Å². The van der Waals surface area contributed by atoms with Gasteiger partial charge in [0.2, 0.25) is 0 Å². The van der Waals surface area contributed by atoms with Crippen LogP contribution in [0, 0.1) is 5.82 Å². The summed E-state index contributed by atoms with van der Waals surface area (Å²) >= 11 is 0. The largest absolute Gasteiger partial charge is 0.486 e. The van der Waals surface area contributed by atoms with Crippen molar-refractivity contribution < 1.29 is 14.2 Å². The molecule has 2 rings (SSSR count). The van der Waals surface area contributed by atoms with Crippen LogP contribution in [-0.2, 0) is 0 Å². The second kappa shape index (κ2) is 4.29. The van der Waals surface area contributed by atoms with Gasteiger partial charge >= 0.3 is 0 Å². The third-order valence-corrected chi connectivity index (χ3v) is 3.14. The lowest BCUT2D eigenvalue weighted by atomic mass is 10.0. The number of fused-ring (bicyclic) bond motifs is 1. The minimum atomic E-state index is -0.262. The Morgan fingerprint density at radius 2 is 2.25 bits per heavy atom. The van der Waals surface area contributed by atoms with Crippen molar-refractivity contribution >= 4 is 5.69 Å². The summed E-state index contributed by atoms with van der Waals surface area (Å²) in [5, 5.41) is 8.96. The molecule has 1 heterocycles. The third kappa shape index (κ3) is 1.85. The second-order valence-electron chi connectivity index (χ2n) is 4.13. The highest BCUT2D eigenvalue weighted by atomic mass is 19.1. The van der Waals surface area contributed by atoms with Gasteiger partial charge < -0.3 is 14.7 Å². The van der Waals surface area contributed by atoms with Gasteiger partial charge in [-0.1, -0.05) is 0 Å². The van der Waals surface area contributed by atoms with Crippen molar-refractivity contribution in [2.45, 2.75) is 25.5 Å². The summed E-state index contributed by atoms with van der Waals surface area (Å²) < 4.78 is 18.9. The van der Waals surface area contributed by atoms with Crippen LogP contribution >= 0.6 is 0 Å². The van der Waals surface area contributed by atoms with Crippen molar-refractivity contribution in [1.29, 1.82) is 0 Å². The van der Waals surface area contributed by atoms with Crippen LogP contribution in [0.4, 0.5) is 10.1 Å². The molecule has 0 fully saturated rings. The summed E-state index contributed by atoms with van der Waals surface area (Å²) in [5.41, 5.74) is 0.765. The minimum Gasteiger partial charge on any atom is -0.486 e. The molecule has 0 amide bonds. The zero-order chi connectivity index (χ0) is 11.7. The molecule has 2 atom stereocenters. The molecule has 1 aliphatic heterocycles. The first kappa shape index (κ1) is 11.2. The summed E-state index contributed by atoms with van der Waals surface area (Å²) in [6, 6.07) is 4.62. The highest BCUT2D eigenvalue weighted by Gasteiger charge is 2.30. The van der Waals surface area contributed by atoms with E-state index in [4.69, 9.17) is 9.84 Å². The number of halogens is 1. The molecule has 0 saturated carbocycles. The Labute approximate surface area is 94.4 Å². The number of hydrogen-bond donors (Lipinski definition) is 1. The summed E-state index contributed by atoms with van der Waals surface area (Å²) in [6.07, 6.45) is 0.537. The molecule has 88 valence electrons.